The minimum Gasteiger partial charge on any atom is -0.456 e. The molecule has 0 aliphatic heterocycles. The van der Waals surface area contributed by atoms with Crippen molar-refractivity contribution in [2.75, 3.05) is 4.90 Å². The van der Waals surface area contributed by atoms with Crippen LogP contribution < -0.4 is 4.90 Å². The first-order valence-corrected chi connectivity index (χ1v) is 22.9. The highest BCUT2D eigenvalue weighted by Crippen LogP contribution is 2.45. The van der Waals surface area contributed by atoms with Crippen molar-refractivity contribution < 1.29 is 4.42 Å². The van der Waals surface area contributed by atoms with Crippen molar-refractivity contribution in [1.82, 2.24) is 4.57 Å². The lowest BCUT2D eigenvalue weighted by atomic mass is 9.96. The number of benzene rings is 11. The number of rotatable bonds is 8. The van der Waals surface area contributed by atoms with E-state index in [0.29, 0.717) is 0 Å². The van der Waals surface area contributed by atoms with Crippen LogP contribution in [0.5, 0.6) is 0 Å². The Morgan fingerprint density at radius 2 is 0.746 bits per heavy atom. The SMILES string of the molecule is c1ccc(N(c2ccc(-c3ccc(-c4ccc(-n5c6ccccc6c6ccccc65)cc4)cc3)cc2)c2ccc(-c3cccc4ccccc34)cc2)c(-c2cccc3oc4ccccc4c23)c1. The normalized spacial score (nSPS) is 11.6. The fourth-order valence-corrected chi connectivity index (χ4v) is 10.3. The summed E-state index contributed by atoms with van der Waals surface area (Å²) >= 11 is 0. The Kier molecular flexibility index (Phi) is 9.17. The highest BCUT2D eigenvalue weighted by molar-refractivity contribution is 6.14. The summed E-state index contributed by atoms with van der Waals surface area (Å²) in [6, 6.07) is 91.8. The van der Waals surface area contributed by atoms with Gasteiger partial charge >= 0.3 is 0 Å². The number of anilines is 3. The second-order valence-corrected chi connectivity index (χ2v) is 17.2. The quantitative estimate of drug-likeness (QED) is 0.152. The first-order chi connectivity index (χ1) is 33.2. The van der Waals surface area contributed by atoms with Crippen LogP contribution >= 0.6 is 0 Å². The number of aromatic nitrogens is 1. The molecule has 0 saturated carbocycles. The molecular formula is C64H42N2O. The number of furan rings is 1. The van der Waals surface area contributed by atoms with E-state index in [2.05, 4.69) is 258 Å². The summed E-state index contributed by atoms with van der Waals surface area (Å²) in [5.41, 5.74) is 17.9. The Labute approximate surface area is 388 Å². The van der Waals surface area contributed by atoms with E-state index >= 15 is 0 Å². The standard InChI is InChI=1S/C64H42N2O/c1-2-15-52-47(13-1)14-11-20-53(52)48-35-41-50(42-36-48)65(59-22-7-5-18-56(59)57-21-12-26-63-64(57)58-19-6-10-25-62(58)67-63)49-37-31-45(32-38-49)43-27-29-44(30-28-43)46-33-39-51(40-34-46)66-60-23-8-3-16-54(60)55-17-4-9-24-61(55)66/h1-42H. The van der Waals surface area contributed by atoms with Crippen molar-refractivity contribution >= 4 is 71.6 Å². The molecule has 67 heavy (non-hydrogen) atoms. The Morgan fingerprint density at radius 3 is 1.42 bits per heavy atom. The maximum atomic E-state index is 6.39. The molecular weight excluding hydrogens is 813 g/mol. The molecule has 0 radical (unpaired) electrons. The zero-order valence-electron chi connectivity index (χ0n) is 36.6. The second-order valence-electron chi connectivity index (χ2n) is 17.2. The van der Waals surface area contributed by atoms with Crippen molar-refractivity contribution in [2.24, 2.45) is 0 Å². The van der Waals surface area contributed by atoms with Crippen LogP contribution in [0.25, 0.3) is 105 Å². The Hall–Kier alpha value is -8.92. The van der Waals surface area contributed by atoms with Gasteiger partial charge in [0.25, 0.3) is 0 Å². The maximum absolute atomic E-state index is 6.39. The Morgan fingerprint density at radius 1 is 0.299 bits per heavy atom. The zero-order valence-corrected chi connectivity index (χ0v) is 36.6. The van der Waals surface area contributed by atoms with Gasteiger partial charge in [-0.05, 0) is 116 Å². The van der Waals surface area contributed by atoms with E-state index in [0.717, 1.165) is 61.4 Å². The molecule has 13 rings (SSSR count). The topological polar surface area (TPSA) is 21.3 Å². The molecule has 0 N–H and O–H groups in total. The van der Waals surface area contributed by atoms with E-state index in [-0.39, 0.29) is 0 Å². The first-order valence-electron chi connectivity index (χ1n) is 22.9. The van der Waals surface area contributed by atoms with E-state index in [4.69, 9.17) is 4.42 Å². The monoisotopic (exact) mass is 854 g/mol. The minimum atomic E-state index is 0.881. The van der Waals surface area contributed by atoms with Gasteiger partial charge < -0.3 is 13.9 Å². The smallest absolute Gasteiger partial charge is 0.136 e. The molecule has 0 bridgehead atoms. The summed E-state index contributed by atoms with van der Waals surface area (Å²) in [5, 5.41) is 7.26. The number of nitrogens with zero attached hydrogens (tertiary/aromatic N) is 2. The van der Waals surface area contributed by atoms with Crippen molar-refractivity contribution in [3.8, 4) is 50.2 Å². The number of hydrogen-bond acceptors (Lipinski definition) is 2. The lowest BCUT2D eigenvalue weighted by molar-refractivity contribution is 0.669. The van der Waals surface area contributed by atoms with Crippen molar-refractivity contribution in [3.05, 3.63) is 255 Å². The predicted molar refractivity (Wildman–Crippen MR) is 282 cm³/mol. The number of hydrogen-bond donors (Lipinski definition) is 0. The van der Waals surface area contributed by atoms with Gasteiger partial charge in [-0.2, -0.15) is 0 Å². The molecule has 0 unspecified atom stereocenters. The maximum Gasteiger partial charge on any atom is 0.136 e. The van der Waals surface area contributed by atoms with Gasteiger partial charge in [-0.1, -0.05) is 188 Å². The highest BCUT2D eigenvalue weighted by Gasteiger charge is 2.21. The summed E-state index contributed by atoms with van der Waals surface area (Å²) < 4.78 is 8.75. The molecule has 2 aromatic heterocycles. The molecule has 0 atom stereocenters. The van der Waals surface area contributed by atoms with Crippen LogP contribution in [0.15, 0.2) is 259 Å². The highest BCUT2D eigenvalue weighted by atomic mass is 16.3. The van der Waals surface area contributed by atoms with E-state index in [1.165, 1.54) is 60.4 Å². The van der Waals surface area contributed by atoms with E-state index in [1.807, 2.05) is 6.07 Å². The summed E-state index contributed by atoms with van der Waals surface area (Å²) in [7, 11) is 0. The molecule has 11 aromatic carbocycles. The molecule has 2 heterocycles. The average Bonchev–Trinajstić information content (AvgIpc) is 3.96. The zero-order chi connectivity index (χ0) is 44.3. The molecule has 3 heteroatoms. The second kappa shape index (κ2) is 16.0. The van der Waals surface area contributed by atoms with Gasteiger partial charge in [-0.15, -0.1) is 0 Å². The van der Waals surface area contributed by atoms with Crippen molar-refractivity contribution in [3.63, 3.8) is 0 Å². The van der Waals surface area contributed by atoms with Crippen LogP contribution in [0.2, 0.25) is 0 Å². The third-order valence-electron chi connectivity index (χ3n) is 13.4. The molecule has 0 aliphatic carbocycles. The summed E-state index contributed by atoms with van der Waals surface area (Å²) in [4.78, 5) is 2.39. The van der Waals surface area contributed by atoms with Crippen molar-refractivity contribution in [1.29, 1.82) is 0 Å². The first kappa shape index (κ1) is 38.5. The third-order valence-corrected chi connectivity index (χ3v) is 13.4. The van der Waals surface area contributed by atoms with Crippen LogP contribution in [-0.2, 0) is 0 Å². The van der Waals surface area contributed by atoms with Crippen LogP contribution in [0.4, 0.5) is 17.1 Å². The van der Waals surface area contributed by atoms with Gasteiger partial charge in [0.2, 0.25) is 0 Å². The summed E-state index contributed by atoms with van der Waals surface area (Å²) in [6.07, 6.45) is 0. The van der Waals surface area contributed by atoms with Crippen LogP contribution in [0.3, 0.4) is 0 Å². The third kappa shape index (κ3) is 6.59. The van der Waals surface area contributed by atoms with Gasteiger partial charge in [0.05, 0.1) is 16.7 Å². The molecule has 0 spiro atoms. The molecule has 0 saturated heterocycles. The van der Waals surface area contributed by atoms with Gasteiger partial charge in [-0.25, -0.2) is 0 Å². The van der Waals surface area contributed by atoms with Gasteiger partial charge in [-0.3, -0.25) is 0 Å². The Bertz CT molecular complexity index is 3890. The summed E-state index contributed by atoms with van der Waals surface area (Å²) in [5.74, 6) is 0. The van der Waals surface area contributed by atoms with E-state index < -0.39 is 0 Å². The lowest BCUT2D eigenvalue weighted by Crippen LogP contribution is -2.11. The van der Waals surface area contributed by atoms with E-state index in [9.17, 15) is 0 Å². The van der Waals surface area contributed by atoms with Crippen LogP contribution in [-0.4, -0.2) is 4.57 Å². The van der Waals surface area contributed by atoms with Gasteiger partial charge in [0, 0.05) is 44.2 Å². The minimum absolute atomic E-state index is 0.881. The predicted octanol–water partition coefficient (Wildman–Crippen LogP) is 18.0. The fraction of sp³-hybridized carbons (Fsp3) is 0. The molecule has 0 aliphatic rings. The number of para-hydroxylation sites is 4. The van der Waals surface area contributed by atoms with E-state index in [1.54, 1.807) is 0 Å². The Balaban J connectivity index is 0.858. The lowest BCUT2D eigenvalue weighted by Gasteiger charge is -2.28. The fourth-order valence-electron chi connectivity index (χ4n) is 10.3. The van der Waals surface area contributed by atoms with Crippen LogP contribution in [0, 0.1) is 0 Å². The number of fused-ring (bicyclic) bond motifs is 7. The molecule has 0 fully saturated rings. The molecule has 0 amide bonds. The van der Waals surface area contributed by atoms with Gasteiger partial charge in [0.15, 0.2) is 0 Å². The van der Waals surface area contributed by atoms with Crippen LogP contribution in [0.1, 0.15) is 0 Å². The van der Waals surface area contributed by atoms with Gasteiger partial charge in [0.1, 0.15) is 11.2 Å². The summed E-state index contributed by atoms with van der Waals surface area (Å²) in [6.45, 7) is 0. The largest absolute Gasteiger partial charge is 0.456 e. The van der Waals surface area contributed by atoms with Crippen molar-refractivity contribution in [2.45, 2.75) is 0 Å². The molecule has 314 valence electrons. The average molecular weight is 855 g/mol. The molecule has 13 aromatic rings. The molecule has 3 nitrogen and oxygen atoms in total.